The molecule has 0 saturated heterocycles. The van der Waals surface area contributed by atoms with Crippen molar-refractivity contribution in [2.75, 3.05) is 6.54 Å². The first kappa shape index (κ1) is 19.7. The summed E-state index contributed by atoms with van der Waals surface area (Å²) in [6.45, 7) is 0.972. The average Bonchev–Trinajstić information content (AvgIpc) is 2.98. The molecular formula is C19H18F3N3O3. The molecule has 2 heterocycles. The molecule has 9 heteroatoms. The number of nitrogens with two attached hydrogens (primary N) is 1. The monoisotopic (exact) mass is 393 g/mol. The molecule has 6 nitrogen and oxygen atoms in total. The van der Waals surface area contributed by atoms with Crippen LogP contribution in [0.5, 0.6) is 5.88 Å². The molecule has 1 atom stereocenters. The van der Waals surface area contributed by atoms with Gasteiger partial charge in [-0.15, -0.1) is 0 Å². The Morgan fingerprint density at radius 2 is 2.07 bits per heavy atom. The predicted octanol–water partition coefficient (Wildman–Crippen LogP) is 2.61. The first-order valence-corrected chi connectivity index (χ1v) is 8.51. The summed E-state index contributed by atoms with van der Waals surface area (Å²) in [4.78, 5) is 28.0. The largest absolute Gasteiger partial charge is 0.461 e. The van der Waals surface area contributed by atoms with Crippen LogP contribution in [-0.4, -0.2) is 35.1 Å². The maximum absolute atomic E-state index is 12.4. The van der Waals surface area contributed by atoms with E-state index in [1.807, 2.05) is 0 Å². The predicted molar refractivity (Wildman–Crippen MR) is 94.6 cm³/mol. The van der Waals surface area contributed by atoms with Crippen LogP contribution in [-0.2, 0) is 11.2 Å². The van der Waals surface area contributed by atoms with Gasteiger partial charge in [-0.2, -0.15) is 13.2 Å². The first-order chi connectivity index (χ1) is 13.1. The van der Waals surface area contributed by atoms with Crippen LogP contribution in [0.4, 0.5) is 13.2 Å². The Bertz CT molecular complexity index is 930. The van der Waals surface area contributed by atoms with E-state index in [9.17, 15) is 22.8 Å². The Kier molecular flexibility index (Phi) is 5.01. The molecule has 1 aliphatic heterocycles. The van der Waals surface area contributed by atoms with Crippen LogP contribution in [0.1, 0.15) is 29.3 Å². The van der Waals surface area contributed by atoms with Gasteiger partial charge in [-0.3, -0.25) is 9.59 Å². The van der Waals surface area contributed by atoms with Crippen molar-refractivity contribution in [2.45, 2.75) is 31.5 Å². The number of rotatable bonds is 5. The van der Waals surface area contributed by atoms with Crippen molar-refractivity contribution in [3.63, 3.8) is 0 Å². The molecule has 1 aliphatic rings. The third-order valence-corrected chi connectivity index (χ3v) is 4.48. The molecule has 2 aromatic rings. The summed E-state index contributed by atoms with van der Waals surface area (Å²) in [6.07, 6.45) is -3.85. The summed E-state index contributed by atoms with van der Waals surface area (Å²) >= 11 is 0. The second kappa shape index (κ2) is 7.14. The van der Waals surface area contributed by atoms with Crippen molar-refractivity contribution >= 4 is 11.8 Å². The van der Waals surface area contributed by atoms with Crippen molar-refractivity contribution < 1.29 is 27.5 Å². The Balaban J connectivity index is 1.83. The van der Waals surface area contributed by atoms with E-state index in [1.165, 1.54) is 13.1 Å². The van der Waals surface area contributed by atoms with Crippen LogP contribution in [0.2, 0.25) is 0 Å². The molecule has 2 amide bonds. The summed E-state index contributed by atoms with van der Waals surface area (Å²) in [6, 6.07) is 8.39. The molecular weight excluding hydrogens is 375 g/mol. The fraction of sp³-hybridized carbons (Fsp3) is 0.316. The Labute approximate surface area is 158 Å². The molecule has 3 rings (SSSR count). The van der Waals surface area contributed by atoms with E-state index in [0.29, 0.717) is 22.3 Å². The third-order valence-electron chi connectivity index (χ3n) is 4.48. The maximum atomic E-state index is 12.4. The van der Waals surface area contributed by atoms with Gasteiger partial charge in [0.25, 0.3) is 5.91 Å². The lowest BCUT2D eigenvalue weighted by molar-refractivity contribution is -0.140. The number of alkyl halides is 3. The highest BCUT2D eigenvalue weighted by atomic mass is 19.4. The topological polar surface area (TPSA) is 94.3 Å². The maximum Gasteiger partial charge on any atom is 0.390 e. The van der Waals surface area contributed by atoms with E-state index in [1.54, 1.807) is 30.3 Å². The van der Waals surface area contributed by atoms with Crippen LogP contribution in [0.25, 0.3) is 11.1 Å². The second-order valence-electron chi connectivity index (χ2n) is 6.72. The fourth-order valence-electron chi connectivity index (χ4n) is 3.06. The van der Waals surface area contributed by atoms with Gasteiger partial charge < -0.3 is 15.8 Å². The SMILES string of the molecule is CC1(C(=O)NCCC(F)(F)F)Cc2c(-c3cccc(C(N)=O)c3)ccnc2O1. The zero-order valence-electron chi connectivity index (χ0n) is 15.0. The van der Waals surface area contributed by atoms with Gasteiger partial charge in [-0.05, 0) is 36.2 Å². The van der Waals surface area contributed by atoms with Crippen LogP contribution in [0, 0.1) is 0 Å². The second-order valence-corrected chi connectivity index (χ2v) is 6.72. The molecule has 148 valence electrons. The number of benzene rings is 1. The minimum Gasteiger partial charge on any atom is -0.461 e. The summed E-state index contributed by atoms with van der Waals surface area (Å²) < 4.78 is 42.6. The molecule has 0 fully saturated rings. The molecule has 1 aromatic heterocycles. The van der Waals surface area contributed by atoms with E-state index >= 15 is 0 Å². The number of nitrogens with zero attached hydrogens (tertiary/aromatic N) is 1. The normalized spacial score (nSPS) is 18.3. The summed E-state index contributed by atoms with van der Waals surface area (Å²) in [5, 5.41) is 2.27. The van der Waals surface area contributed by atoms with Gasteiger partial charge in [0.05, 0.1) is 6.42 Å². The van der Waals surface area contributed by atoms with Crippen LogP contribution in [0.3, 0.4) is 0 Å². The van der Waals surface area contributed by atoms with E-state index in [2.05, 4.69) is 10.3 Å². The highest BCUT2D eigenvalue weighted by Gasteiger charge is 2.44. The standard InChI is InChI=1S/C19H18F3N3O3/c1-18(17(27)25-8-6-19(20,21)22)10-14-13(5-7-24-16(14)28-18)11-3-2-4-12(9-11)15(23)26/h2-5,7,9H,6,8,10H2,1H3,(H2,23,26)(H,25,27). The van der Waals surface area contributed by atoms with Crippen LogP contribution >= 0.6 is 0 Å². The van der Waals surface area contributed by atoms with Gasteiger partial charge in [-0.25, -0.2) is 4.98 Å². The molecule has 0 aliphatic carbocycles. The number of aromatic nitrogens is 1. The Morgan fingerprint density at radius 1 is 1.32 bits per heavy atom. The van der Waals surface area contributed by atoms with Gasteiger partial charge in [0.2, 0.25) is 11.8 Å². The van der Waals surface area contributed by atoms with Crippen molar-refractivity contribution in [2.24, 2.45) is 5.73 Å². The highest BCUT2D eigenvalue weighted by Crippen LogP contribution is 2.39. The van der Waals surface area contributed by atoms with Crippen molar-refractivity contribution in [3.8, 4) is 17.0 Å². The summed E-state index contributed by atoms with van der Waals surface area (Å²) in [5.41, 5.74) is 6.32. The number of amides is 2. The Morgan fingerprint density at radius 3 is 2.75 bits per heavy atom. The molecule has 0 bridgehead atoms. The molecule has 0 saturated carbocycles. The molecule has 3 N–H and O–H groups in total. The first-order valence-electron chi connectivity index (χ1n) is 8.51. The van der Waals surface area contributed by atoms with Crippen molar-refractivity contribution in [3.05, 3.63) is 47.7 Å². The average molecular weight is 393 g/mol. The number of hydrogen-bond acceptors (Lipinski definition) is 4. The third kappa shape index (κ3) is 4.08. The van der Waals surface area contributed by atoms with Crippen molar-refractivity contribution in [1.82, 2.24) is 10.3 Å². The zero-order chi connectivity index (χ0) is 20.5. The zero-order valence-corrected chi connectivity index (χ0v) is 15.0. The van der Waals surface area contributed by atoms with Crippen LogP contribution < -0.4 is 15.8 Å². The quantitative estimate of drug-likeness (QED) is 0.817. The van der Waals surface area contributed by atoms with Crippen molar-refractivity contribution in [1.29, 1.82) is 0 Å². The lowest BCUT2D eigenvalue weighted by Gasteiger charge is -2.22. The van der Waals surface area contributed by atoms with Gasteiger partial charge in [0.15, 0.2) is 5.60 Å². The number of ether oxygens (including phenoxy) is 1. The van der Waals surface area contributed by atoms with Gasteiger partial charge in [-0.1, -0.05) is 12.1 Å². The number of carbonyl (C=O) groups is 2. The summed E-state index contributed by atoms with van der Waals surface area (Å²) in [7, 11) is 0. The van der Waals surface area contributed by atoms with E-state index < -0.39 is 36.6 Å². The van der Waals surface area contributed by atoms with E-state index in [-0.39, 0.29) is 12.3 Å². The van der Waals surface area contributed by atoms with Gasteiger partial charge >= 0.3 is 6.18 Å². The molecule has 1 aromatic carbocycles. The summed E-state index contributed by atoms with van der Waals surface area (Å²) in [5.74, 6) is -0.986. The smallest absolute Gasteiger partial charge is 0.390 e. The minimum atomic E-state index is -4.35. The molecule has 0 radical (unpaired) electrons. The highest BCUT2D eigenvalue weighted by molar-refractivity contribution is 5.94. The minimum absolute atomic E-state index is 0.129. The van der Waals surface area contributed by atoms with E-state index in [4.69, 9.17) is 10.5 Å². The number of nitrogens with one attached hydrogen (secondary N) is 1. The van der Waals surface area contributed by atoms with Crippen LogP contribution in [0.15, 0.2) is 36.5 Å². The lowest BCUT2D eigenvalue weighted by atomic mass is 9.92. The van der Waals surface area contributed by atoms with E-state index in [0.717, 1.165) is 0 Å². The number of pyridine rings is 1. The fourth-order valence-corrected chi connectivity index (χ4v) is 3.06. The number of halogens is 3. The number of fused-ring (bicyclic) bond motifs is 1. The van der Waals surface area contributed by atoms with Gasteiger partial charge in [0, 0.05) is 30.3 Å². The number of primary amides is 1. The molecule has 0 spiro atoms. The van der Waals surface area contributed by atoms with Gasteiger partial charge in [0.1, 0.15) is 0 Å². The Hall–Kier alpha value is -3.10. The lowest BCUT2D eigenvalue weighted by Crippen LogP contribution is -2.48. The molecule has 1 unspecified atom stereocenters. The number of carbonyl (C=O) groups excluding carboxylic acids is 2. The molecule has 28 heavy (non-hydrogen) atoms. The number of hydrogen-bond donors (Lipinski definition) is 2.